The van der Waals surface area contributed by atoms with Crippen LogP contribution in [0.1, 0.15) is 5.56 Å². The number of carbonyl (C=O) groups excluding carboxylic acids is 1. The minimum Gasteiger partial charge on any atom is -0.458 e. The second kappa shape index (κ2) is 9.68. The van der Waals surface area contributed by atoms with Crippen molar-refractivity contribution in [3.8, 4) is 0 Å². The van der Waals surface area contributed by atoms with E-state index < -0.39 is 0 Å². The summed E-state index contributed by atoms with van der Waals surface area (Å²) in [5.41, 5.74) is 1.77. The third-order valence-corrected chi connectivity index (χ3v) is 6.10. The van der Waals surface area contributed by atoms with Crippen molar-refractivity contribution in [2.24, 2.45) is 4.99 Å². The quantitative estimate of drug-likeness (QED) is 0.230. The molecule has 0 saturated carbocycles. The van der Waals surface area contributed by atoms with Crippen LogP contribution in [0.3, 0.4) is 0 Å². The zero-order chi connectivity index (χ0) is 18.2. The van der Waals surface area contributed by atoms with Gasteiger partial charge in [-0.1, -0.05) is 53.7 Å². The molecule has 0 saturated heterocycles. The average Bonchev–Trinajstić information content (AvgIpc) is 3.07. The van der Waals surface area contributed by atoms with Crippen LogP contribution in [0.15, 0.2) is 76.0 Å². The van der Waals surface area contributed by atoms with E-state index >= 15 is 0 Å². The molecule has 0 aliphatic heterocycles. The zero-order valence-corrected chi connectivity index (χ0v) is 16.6. The Kier molecular flexibility index (Phi) is 7.02. The van der Waals surface area contributed by atoms with Crippen molar-refractivity contribution in [1.29, 1.82) is 0 Å². The van der Waals surface area contributed by atoms with E-state index in [0.29, 0.717) is 9.82 Å². The van der Waals surface area contributed by atoms with Crippen LogP contribution in [0.5, 0.6) is 0 Å². The standard InChI is InChI=1S/C18H13ClN2O2S3/c19-17-18(25-26-21-17)20-14-6-8-15(9-7-14)24-11-10-16(22)23-12-13-4-2-1-3-5-13/h1-11H,12H2/b11-10+,20-18?. The highest BCUT2D eigenvalue weighted by atomic mass is 35.5. The summed E-state index contributed by atoms with van der Waals surface area (Å²) in [6.45, 7) is 0.270. The fourth-order valence-corrected chi connectivity index (χ4v) is 4.51. The van der Waals surface area contributed by atoms with Gasteiger partial charge in [-0.15, -0.1) is 0 Å². The summed E-state index contributed by atoms with van der Waals surface area (Å²) in [5.74, 6) is -0.367. The molecule has 2 aromatic carbocycles. The Balaban J connectivity index is 1.50. The first kappa shape index (κ1) is 18.8. The maximum absolute atomic E-state index is 11.7. The van der Waals surface area contributed by atoms with Crippen molar-refractivity contribution in [3.05, 3.63) is 81.5 Å². The van der Waals surface area contributed by atoms with Gasteiger partial charge >= 0.3 is 5.97 Å². The zero-order valence-electron chi connectivity index (χ0n) is 13.4. The minimum atomic E-state index is -0.367. The Bertz CT molecular complexity index is 950. The number of nitrogens with zero attached hydrogens (tertiary/aromatic N) is 2. The predicted octanol–water partition coefficient (Wildman–Crippen LogP) is 5.44. The highest BCUT2D eigenvalue weighted by Crippen LogP contribution is 2.22. The molecule has 0 radical (unpaired) electrons. The molecule has 0 spiro atoms. The SMILES string of the molecule is O=C(/C=C/Sc1ccc(N=c2ssnc2Cl)cc1)OCc1ccccc1. The van der Waals surface area contributed by atoms with E-state index in [0.717, 1.165) is 16.1 Å². The second-order valence-electron chi connectivity index (χ2n) is 4.96. The molecule has 0 N–H and O–H groups in total. The van der Waals surface area contributed by atoms with E-state index in [4.69, 9.17) is 16.3 Å². The minimum absolute atomic E-state index is 0.270. The van der Waals surface area contributed by atoms with Gasteiger partial charge in [0.15, 0.2) is 9.82 Å². The molecule has 0 unspecified atom stereocenters. The molecule has 8 heteroatoms. The van der Waals surface area contributed by atoms with E-state index in [1.165, 1.54) is 38.7 Å². The Morgan fingerprint density at radius 2 is 1.96 bits per heavy atom. The number of hydrogen-bond donors (Lipinski definition) is 0. The maximum atomic E-state index is 11.7. The van der Waals surface area contributed by atoms with Crippen LogP contribution < -0.4 is 4.67 Å². The number of aromatic nitrogens is 1. The molecule has 0 bridgehead atoms. The Morgan fingerprint density at radius 1 is 1.19 bits per heavy atom. The number of rotatable bonds is 6. The lowest BCUT2D eigenvalue weighted by Gasteiger charge is -2.01. The van der Waals surface area contributed by atoms with E-state index in [1.807, 2.05) is 54.6 Å². The first-order valence-corrected chi connectivity index (χ1v) is 10.9. The van der Waals surface area contributed by atoms with Crippen molar-refractivity contribution in [2.75, 3.05) is 0 Å². The molecule has 26 heavy (non-hydrogen) atoms. The second-order valence-corrected chi connectivity index (χ2v) is 8.13. The van der Waals surface area contributed by atoms with Crippen molar-refractivity contribution in [1.82, 2.24) is 4.37 Å². The molecule has 3 aromatic rings. The largest absolute Gasteiger partial charge is 0.458 e. The molecule has 0 atom stereocenters. The molecule has 132 valence electrons. The van der Waals surface area contributed by atoms with Crippen molar-refractivity contribution in [2.45, 2.75) is 11.5 Å². The number of hydrogen-bond acceptors (Lipinski definition) is 7. The van der Waals surface area contributed by atoms with E-state index in [1.54, 1.807) is 5.41 Å². The lowest BCUT2D eigenvalue weighted by molar-refractivity contribution is -0.138. The summed E-state index contributed by atoms with van der Waals surface area (Å²) in [5, 5.41) is 2.14. The molecule has 0 amide bonds. The van der Waals surface area contributed by atoms with Crippen LogP contribution in [-0.4, -0.2) is 10.3 Å². The van der Waals surface area contributed by atoms with Gasteiger partial charge in [-0.25, -0.2) is 9.79 Å². The fourth-order valence-electron chi connectivity index (χ4n) is 1.89. The monoisotopic (exact) mass is 420 g/mol. The van der Waals surface area contributed by atoms with Gasteiger partial charge in [-0.3, -0.25) is 0 Å². The number of ether oxygens (including phenoxy) is 1. The molecular formula is C18H13ClN2O2S3. The third-order valence-electron chi connectivity index (χ3n) is 3.11. The lowest BCUT2D eigenvalue weighted by atomic mass is 10.2. The first-order chi connectivity index (χ1) is 12.7. The first-order valence-electron chi connectivity index (χ1n) is 7.51. The van der Waals surface area contributed by atoms with Crippen LogP contribution in [0.25, 0.3) is 0 Å². The maximum Gasteiger partial charge on any atom is 0.331 e. The van der Waals surface area contributed by atoms with Gasteiger partial charge in [0.2, 0.25) is 0 Å². The highest BCUT2D eigenvalue weighted by Gasteiger charge is 2.00. The van der Waals surface area contributed by atoms with E-state index in [-0.39, 0.29) is 12.6 Å². The number of carbonyl (C=O) groups is 1. The average molecular weight is 421 g/mol. The third kappa shape index (κ3) is 5.81. The summed E-state index contributed by atoms with van der Waals surface area (Å²) < 4.78 is 9.89. The van der Waals surface area contributed by atoms with Gasteiger partial charge in [-0.05, 0) is 45.6 Å². The Hall–Kier alpha value is -1.93. The fraction of sp³-hybridized carbons (Fsp3) is 0.0556. The molecular weight excluding hydrogens is 408 g/mol. The molecule has 0 fully saturated rings. The molecule has 1 heterocycles. The molecule has 3 rings (SSSR count). The number of benzene rings is 2. The van der Waals surface area contributed by atoms with Crippen molar-refractivity contribution in [3.63, 3.8) is 0 Å². The van der Waals surface area contributed by atoms with Crippen LogP contribution in [-0.2, 0) is 16.1 Å². The van der Waals surface area contributed by atoms with Crippen molar-refractivity contribution < 1.29 is 9.53 Å². The Labute approximate surface area is 167 Å². The van der Waals surface area contributed by atoms with Crippen LogP contribution >= 0.6 is 44.2 Å². The number of thioether (sulfide) groups is 1. The summed E-state index contributed by atoms with van der Waals surface area (Å²) in [4.78, 5) is 17.1. The van der Waals surface area contributed by atoms with Gasteiger partial charge in [0, 0.05) is 21.5 Å². The number of halogens is 1. The highest BCUT2D eigenvalue weighted by molar-refractivity contribution is 8.02. The molecule has 1 aromatic heterocycles. The lowest BCUT2D eigenvalue weighted by Crippen LogP contribution is -2.00. The van der Waals surface area contributed by atoms with Gasteiger partial charge in [0.25, 0.3) is 0 Å². The normalized spacial score (nSPS) is 11.8. The molecule has 0 aliphatic rings. The van der Waals surface area contributed by atoms with Crippen LogP contribution in [0, 0.1) is 0 Å². The van der Waals surface area contributed by atoms with Gasteiger partial charge in [-0.2, -0.15) is 4.37 Å². The van der Waals surface area contributed by atoms with Gasteiger partial charge < -0.3 is 4.74 Å². The van der Waals surface area contributed by atoms with E-state index in [2.05, 4.69) is 9.37 Å². The van der Waals surface area contributed by atoms with Gasteiger partial charge in [0.05, 0.1) is 5.69 Å². The van der Waals surface area contributed by atoms with E-state index in [9.17, 15) is 4.79 Å². The van der Waals surface area contributed by atoms with Crippen molar-refractivity contribution >= 4 is 55.9 Å². The Morgan fingerprint density at radius 3 is 2.65 bits per heavy atom. The smallest absolute Gasteiger partial charge is 0.331 e. The number of esters is 1. The van der Waals surface area contributed by atoms with Gasteiger partial charge in [0.1, 0.15) is 6.61 Å². The van der Waals surface area contributed by atoms with Crippen LogP contribution in [0.2, 0.25) is 5.15 Å². The molecule has 4 nitrogen and oxygen atoms in total. The van der Waals surface area contributed by atoms with Crippen LogP contribution in [0.4, 0.5) is 5.69 Å². The molecule has 0 aliphatic carbocycles. The summed E-state index contributed by atoms with van der Waals surface area (Å²) in [7, 11) is 2.75. The summed E-state index contributed by atoms with van der Waals surface area (Å²) >= 11 is 7.38. The summed E-state index contributed by atoms with van der Waals surface area (Å²) in [6, 6.07) is 17.2. The predicted molar refractivity (Wildman–Crippen MR) is 108 cm³/mol. The topological polar surface area (TPSA) is 51.5 Å². The summed E-state index contributed by atoms with van der Waals surface area (Å²) in [6.07, 6.45) is 1.42.